The largest absolute Gasteiger partial charge is 0.507 e. The molecule has 0 aliphatic carbocycles. The van der Waals surface area contributed by atoms with E-state index in [0.29, 0.717) is 39.0 Å². The topological polar surface area (TPSA) is 107 Å². The number of hydrogen-bond acceptors (Lipinski definition) is 5. The van der Waals surface area contributed by atoms with Gasteiger partial charge in [0.25, 0.3) is 11.9 Å². The Morgan fingerprint density at radius 3 is 2.40 bits per heavy atom. The molecule has 4 N–H and O–H groups in total. The van der Waals surface area contributed by atoms with Gasteiger partial charge in [-0.2, -0.15) is 4.98 Å². The molecule has 0 unspecified atom stereocenters. The number of benzene rings is 4. The average molecular weight is 469 g/mol. The first kappa shape index (κ1) is 22.1. The Bertz CT molecular complexity index is 1560. The van der Waals surface area contributed by atoms with Crippen LogP contribution >= 0.6 is 0 Å². The van der Waals surface area contributed by atoms with Crippen molar-refractivity contribution in [2.45, 2.75) is 6.92 Å². The predicted octanol–water partition coefficient (Wildman–Crippen LogP) is 5.96. The third kappa shape index (κ3) is 4.30. The molecule has 5 rings (SSSR count). The number of aryl methyl sites for hydroxylation is 1. The van der Waals surface area contributed by atoms with Gasteiger partial charge in [-0.25, -0.2) is 9.87 Å². The molecular weight excluding hydrogens is 449 g/mol. The number of hydrogen-bond donors (Lipinski definition) is 4. The number of rotatable bonds is 5. The Labute approximate surface area is 199 Å². The average Bonchev–Trinajstić information content (AvgIpc) is 3.25. The van der Waals surface area contributed by atoms with E-state index >= 15 is 0 Å². The molecular formula is C27H20FN3O4. The van der Waals surface area contributed by atoms with Crippen LogP contribution in [0.5, 0.6) is 17.5 Å². The lowest BCUT2D eigenvalue weighted by atomic mass is 9.99. The molecule has 8 heteroatoms. The number of carbonyl (C=O) groups is 1. The Morgan fingerprint density at radius 1 is 0.971 bits per heavy atom. The van der Waals surface area contributed by atoms with Crippen LogP contribution in [0.25, 0.3) is 33.3 Å². The van der Waals surface area contributed by atoms with Gasteiger partial charge < -0.3 is 14.8 Å². The predicted molar refractivity (Wildman–Crippen MR) is 129 cm³/mol. The summed E-state index contributed by atoms with van der Waals surface area (Å²) in [6.45, 7) is 1.73. The third-order valence-corrected chi connectivity index (χ3v) is 5.73. The van der Waals surface area contributed by atoms with Crippen LogP contribution in [0.1, 0.15) is 15.9 Å². The number of aromatic hydroxyl groups is 1. The van der Waals surface area contributed by atoms with Crippen LogP contribution in [0.2, 0.25) is 0 Å². The fourth-order valence-corrected chi connectivity index (χ4v) is 3.90. The Morgan fingerprint density at radius 2 is 1.69 bits per heavy atom. The van der Waals surface area contributed by atoms with E-state index in [4.69, 9.17) is 9.94 Å². The number of phenolic OH excluding ortho intramolecular Hbond substituents is 1. The van der Waals surface area contributed by atoms with Gasteiger partial charge in [-0.05, 0) is 47.9 Å². The summed E-state index contributed by atoms with van der Waals surface area (Å²) in [6, 6.07) is 22.2. The zero-order chi connectivity index (χ0) is 24.5. The van der Waals surface area contributed by atoms with Crippen molar-refractivity contribution >= 4 is 16.9 Å². The quantitative estimate of drug-likeness (QED) is 0.188. The Balaban J connectivity index is 1.44. The van der Waals surface area contributed by atoms with Crippen molar-refractivity contribution in [1.82, 2.24) is 15.4 Å². The van der Waals surface area contributed by atoms with Gasteiger partial charge in [0.2, 0.25) is 0 Å². The van der Waals surface area contributed by atoms with E-state index in [9.17, 15) is 14.3 Å². The van der Waals surface area contributed by atoms with Crippen LogP contribution in [-0.4, -0.2) is 26.2 Å². The minimum absolute atomic E-state index is 0.130. The lowest BCUT2D eigenvalue weighted by Gasteiger charge is -2.07. The van der Waals surface area contributed by atoms with Crippen LogP contribution < -0.4 is 10.2 Å². The van der Waals surface area contributed by atoms with Gasteiger partial charge >= 0.3 is 0 Å². The van der Waals surface area contributed by atoms with Crippen LogP contribution in [-0.2, 0) is 0 Å². The fourth-order valence-electron chi connectivity index (χ4n) is 3.90. The van der Waals surface area contributed by atoms with Gasteiger partial charge in [0.05, 0.1) is 11.0 Å². The van der Waals surface area contributed by atoms with Crippen molar-refractivity contribution in [2.75, 3.05) is 0 Å². The minimum Gasteiger partial charge on any atom is -0.507 e. The van der Waals surface area contributed by atoms with Crippen molar-refractivity contribution in [2.24, 2.45) is 0 Å². The molecule has 1 amide bonds. The maximum atomic E-state index is 15.0. The first-order valence-corrected chi connectivity index (χ1v) is 10.7. The molecule has 0 atom stereocenters. The summed E-state index contributed by atoms with van der Waals surface area (Å²) in [5.41, 5.74) is 6.01. The molecule has 0 radical (unpaired) electrons. The van der Waals surface area contributed by atoms with E-state index in [0.717, 1.165) is 5.56 Å². The lowest BCUT2D eigenvalue weighted by Crippen LogP contribution is -2.19. The van der Waals surface area contributed by atoms with E-state index in [2.05, 4.69) is 9.97 Å². The first-order valence-electron chi connectivity index (χ1n) is 10.7. The number of hydroxylamine groups is 1. The highest BCUT2D eigenvalue weighted by Crippen LogP contribution is 2.33. The molecule has 5 aromatic rings. The monoisotopic (exact) mass is 469 g/mol. The van der Waals surface area contributed by atoms with E-state index in [-0.39, 0.29) is 17.3 Å². The van der Waals surface area contributed by atoms with Gasteiger partial charge in [-0.1, -0.05) is 48.5 Å². The van der Waals surface area contributed by atoms with Crippen LogP contribution in [0, 0.1) is 12.7 Å². The first-order chi connectivity index (χ1) is 16.9. The highest BCUT2D eigenvalue weighted by Gasteiger charge is 2.14. The maximum absolute atomic E-state index is 15.0. The summed E-state index contributed by atoms with van der Waals surface area (Å²) in [5, 5.41) is 19.0. The zero-order valence-electron chi connectivity index (χ0n) is 18.5. The lowest BCUT2D eigenvalue weighted by molar-refractivity contribution is 0.0705. The summed E-state index contributed by atoms with van der Waals surface area (Å²) in [6.07, 6.45) is 0. The number of H-pyrrole nitrogens is 1. The van der Waals surface area contributed by atoms with Crippen molar-refractivity contribution in [1.29, 1.82) is 0 Å². The van der Waals surface area contributed by atoms with Crippen molar-refractivity contribution in [3.63, 3.8) is 0 Å². The zero-order valence-corrected chi connectivity index (χ0v) is 18.5. The number of nitrogens with one attached hydrogen (secondary N) is 2. The standard InChI is InChI=1S/C27H20FN3O4/c1-15-6-11-18(12-20(15)26(33)31-34)35-27-29-23-13-21(22(28)14-24(23)30-27)17-9-7-16(8-10-17)19-4-2-3-5-25(19)32/h2-14,32,34H,1H3,(H,29,30)(H,31,33). The number of carbonyl (C=O) groups excluding carboxylic acids is 1. The number of ether oxygens (including phenoxy) is 1. The second kappa shape index (κ2) is 8.92. The summed E-state index contributed by atoms with van der Waals surface area (Å²) < 4.78 is 20.7. The molecule has 0 saturated carbocycles. The van der Waals surface area contributed by atoms with E-state index in [1.54, 1.807) is 54.9 Å². The SMILES string of the molecule is Cc1ccc(Oc2nc3cc(-c4ccc(-c5ccccc5O)cc4)c(F)cc3[nH]2)cc1C(=O)NO. The molecule has 1 heterocycles. The molecule has 35 heavy (non-hydrogen) atoms. The molecule has 0 saturated heterocycles. The third-order valence-electron chi connectivity index (χ3n) is 5.73. The van der Waals surface area contributed by atoms with Gasteiger partial charge in [0.1, 0.15) is 17.3 Å². The number of para-hydroxylation sites is 1. The molecule has 174 valence electrons. The number of imidazole rings is 1. The van der Waals surface area contributed by atoms with Gasteiger partial charge in [0, 0.05) is 22.8 Å². The van der Waals surface area contributed by atoms with Crippen molar-refractivity contribution in [3.8, 4) is 39.8 Å². The van der Waals surface area contributed by atoms with Gasteiger partial charge in [-0.3, -0.25) is 10.0 Å². The Hall–Kier alpha value is -4.69. The molecule has 1 aromatic heterocycles. The van der Waals surface area contributed by atoms with Crippen molar-refractivity contribution < 1.29 is 24.2 Å². The van der Waals surface area contributed by atoms with Crippen LogP contribution in [0.3, 0.4) is 0 Å². The number of aromatic nitrogens is 2. The van der Waals surface area contributed by atoms with Gasteiger partial charge in [-0.15, -0.1) is 0 Å². The molecule has 7 nitrogen and oxygen atoms in total. The highest BCUT2D eigenvalue weighted by atomic mass is 19.1. The number of aromatic amines is 1. The number of halogens is 1. The molecule has 0 spiro atoms. The second-order valence-corrected chi connectivity index (χ2v) is 8.01. The Kier molecular flexibility index (Phi) is 5.64. The fraction of sp³-hybridized carbons (Fsp3) is 0.0370. The molecule has 4 aromatic carbocycles. The number of fused-ring (bicyclic) bond motifs is 1. The van der Waals surface area contributed by atoms with Crippen LogP contribution in [0.15, 0.2) is 78.9 Å². The summed E-state index contributed by atoms with van der Waals surface area (Å²) >= 11 is 0. The normalized spacial score (nSPS) is 10.9. The maximum Gasteiger partial charge on any atom is 0.300 e. The second-order valence-electron chi connectivity index (χ2n) is 8.01. The number of amides is 1. The van der Waals surface area contributed by atoms with E-state index in [1.165, 1.54) is 12.1 Å². The van der Waals surface area contributed by atoms with Gasteiger partial charge in [0.15, 0.2) is 0 Å². The summed E-state index contributed by atoms with van der Waals surface area (Å²) in [4.78, 5) is 19.1. The van der Waals surface area contributed by atoms with Crippen LogP contribution in [0.4, 0.5) is 4.39 Å². The molecule has 0 aliphatic heterocycles. The molecule has 0 bridgehead atoms. The molecule has 0 fully saturated rings. The molecule has 0 aliphatic rings. The summed E-state index contributed by atoms with van der Waals surface area (Å²) in [5.74, 6) is -0.582. The number of nitrogens with zero attached hydrogens (tertiary/aromatic N) is 1. The van der Waals surface area contributed by atoms with E-state index in [1.807, 2.05) is 24.3 Å². The summed E-state index contributed by atoms with van der Waals surface area (Å²) in [7, 11) is 0. The van der Waals surface area contributed by atoms with E-state index < -0.39 is 11.7 Å². The van der Waals surface area contributed by atoms with Crippen molar-refractivity contribution in [3.05, 3.63) is 95.8 Å². The smallest absolute Gasteiger partial charge is 0.300 e. The minimum atomic E-state index is -0.655. The highest BCUT2D eigenvalue weighted by molar-refractivity contribution is 5.95. The number of phenols is 1.